The number of allylic oxidation sites excluding steroid dienone is 3. The molecule has 1 heterocycles. The van der Waals surface area contributed by atoms with Gasteiger partial charge in [0.1, 0.15) is 0 Å². The van der Waals surface area contributed by atoms with Crippen molar-refractivity contribution in [3.63, 3.8) is 0 Å². The second-order valence-electron chi connectivity index (χ2n) is 16.0. The zero-order chi connectivity index (χ0) is 28.7. The average Bonchev–Trinajstić information content (AvgIpc) is 2.91. The fourth-order valence-corrected chi connectivity index (χ4v) is 11.2. The number of ketones is 1. The SMILES string of the molecule is COC(=O)[C@@]12CCC3C(C=CC4[C@@]3(C)CCC3C(C)(C)C(=O)/C(=C\c5ccncc5)C[C@@]34C)C1CC(C)(C)CC2. The lowest BCUT2D eigenvalue weighted by molar-refractivity contribution is -0.184. The molecule has 1 aromatic rings. The molecule has 0 aromatic carbocycles. The average molecular weight is 544 g/mol. The number of carbonyl (C=O) groups excluding carboxylic acids is 2. The first-order chi connectivity index (χ1) is 18.8. The van der Waals surface area contributed by atoms with Gasteiger partial charge in [0, 0.05) is 17.8 Å². The van der Waals surface area contributed by atoms with Gasteiger partial charge in [0.15, 0.2) is 5.78 Å². The van der Waals surface area contributed by atoms with Gasteiger partial charge < -0.3 is 4.74 Å². The first-order valence-corrected chi connectivity index (χ1v) is 15.7. The van der Waals surface area contributed by atoms with Crippen LogP contribution in [-0.4, -0.2) is 23.8 Å². The largest absolute Gasteiger partial charge is 0.469 e. The van der Waals surface area contributed by atoms with Crippen molar-refractivity contribution in [1.82, 2.24) is 4.98 Å². The normalized spacial score (nSPS) is 44.1. The van der Waals surface area contributed by atoms with Gasteiger partial charge in [-0.2, -0.15) is 0 Å². The highest BCUT2D eigenvalue weighted by atomic mass is 16.5. The Bertz CT molecular complexity index is 1260. The maximum Gasteiger partial charge on any atom is 0.312 e. The molecule has 0 bridgehead atoms. The van der Waals surface area contributed by atoms with E-state index in [0.29, 0.717) is 35.4 Å². The molecule has 5 aliphatic rings. The summed E-state index contributed by atoms with van der Waals surface area (Å²) in [5.41, 5.74) is 1.72. The molecule has 0 aliphatic heterocycles. The number of methoxy groups -OCH3 is 1. The van der Waals surface area contributed by atoms with Gasteiger partial charge in [-0.1, -0.05) is 53.7 Å². The van der Waals surface area contributed by atoms with Gasteiger partial charge in [-0.15, -0.1) is 0 Å². The molecule has 5 unspecified atom stereocenters. The van der Waals surface area contributed by atoms with E-state index in [1.807, 2.05) is 12.1 Å². The fourth-order valence-electron chi connectivity index (χ4n) is 11.2. The summed E-state index contributed by atoms with van der Waals surface area (Å²) in [6.07, 6.45) is 19.1. The van der Waals surface area contributed by atoms with Crippen LogP contribution in [0.25, 0.3) is 6.08 Å². The predicted molar refractivity (Wildman–Crippen MR) is 159 cm³/mol. The predicted octanol–water partition coefficient (Wildman–Crippen LogP) is 8.08. The van der Waals surface area contributed by atoms with E-state index in [-0.39, 0.29) is 27.6 Å². The summed E-state index contributed by atoms with van der Waals surface area (Å²) in [7, 11) is 1.58. The van der Waals surface area contributed by atoms with Gasteiger partial charge in [-0.05, 0) is 127 Å². The third-order valence-corrected chi connectivity index (χ3v) is 13.1. The van der Waals surface area contributed by atoms with Crippen molar-refractivity contribution in [1.29, 1.82) is 0 Å². The minimum absolute atomic E-state index is 0.00740. The second kappa shape index (κ2) is 9.13. The van der Waals surface area contributed by atoms with Crippen molar-refractivity contribution in [3.05, 3.63) is 47.8 Å². The zero-order valence-corrected chi connectivity index (χ0v) is 25.8. The number of Topliss-reactive ketones (excluding diaryl/α,β-unsaturated/α-hetero) is 1. The van der Waals surface area contributed by atoms with Gasteiger partial charge >= 0.3 is 5.97 Å². The molecule has 216 valence electrons. The van der Waals surface area contributed by atoms with Crippen molar-refractivity contribution in [2.24, 2.45) is 56.7 Å². The monoisotopic (exact) mass is 543 g/mol. The van der Waals surface area contributed by atoms with E-state index in [2.05, 4.69) is 64.8 Å². The minimum Gasteiger partial charge on any atom is -0.469 e. The van der Waals surface area contributed by atoms with Crippen molar-refractivity contribution in [2.75, 3.05) is 7.11 Å². The van der Waals surface area contributed by atoms with Crippen LogP contribution in [0.3, 0.4) is 0 Å². The van der Waals surface area contributed by atoms with Crippen molar-refractivity contribution in [2.45, 2.75) is 92.9 Å². The molecular weight excluding hydrogens is 494 g/mol. The molecule has 4 saturated carbocycles. The first-order valence-electron chi connectivity index (χ1n) is 15.7. The van der Waals surface area contributed by atoms with Crippen LogP contribution < -0.4 is 0 Å². The topological polar surface area (TPSA) is 56.3 Å². The maximum absolute atomic E-state index is 13.9. The molecule has 1 aromatic heterocycles. The molecule has 0 spiro atoms. The van der Waals surface area contributed by atoms with Crippen molar-refractivity contribution < 1.29 is 14.3 Å². The van der Waals surface area contributed by atoms with Crippen molar-refractivity contribution >= 4 is 17.8 Å². The molecule has 4 fully saturated rings. The summed E-state index contributed by atoms with van der Waals surface area (Å²) < 4.78 is 5.50. The smallest absolute Gasteiger partial charge is 0.312 e. The summed E-state index contributed by atoms with van der Waals surface area (Å²) in [5, 5.41) is 0. The standard InChI is InChI=1S/C36H49NO3/c1-32(2)16-17-36(31(39)40-7)15-10-26-25(27(36)22-32)8-9-29-34(26,5)14-11-28-33(3,4)30(38)24(21-35(28,29)6)20-23-12-18-37-19-13-23/h8-9,12-13,18-20,25-29H,10-11,14-17,21-22H2,1-7H3/b24-20-/t25?,26?,27?,28?,29?,34-,35-,36+/m0/s1. The van der Waals surface area contributed by atoms with E-state index < -0.39 is 5.41 Å². The Hall–Kier alpha value is -2.23. The molecule has 6 rings (SSSR count). The van der Waals surface area contributed by atoms with Crippen LogP contribution in [0, 0.1) is 56.7 Å². The van der Waals surface area contributed by atoms with Crippen LogP contribution in [-0.2, 0) is 14.3 Å². The number of carbonyl (C=O) groups is 2. The first kappa shape index (κ1) is 27.9. The third kappa shape index (κ3) is 3.87. The highest BCUT2D eigenvalue weighted by molar-refractivity contribution is 6.04. The Kier molecular flexibility index (Phi) is 6.37. The van der Waals surface area contributed by atoms with Crippen LogP contribution in [0.4, 0.5) is 0 Å². The number of hydrogen-bond acceptors (Lipinski definition) is 4. The molecule has 4 heteroatoms. The Morgan fingerprint density at radius 2 is 1.65 bits per heavy atom. The molecule has 8 atom stereocenters. The van der Waals surface area contributed by atoms with E-state index in [9.17, 15) is 9.59 Å². The van der Waals surface area contributed by atoms with E-state index in [1.54, 1.807) is 19.5 Å². The quantitative estimate of drug-likeness (QED) is 0.215. The summed E-state index contributed by atoms with van der Waals surface area (Å²) >= 11 is 0. The lowest BCUT2D eigenvalue weighted by Gasteiger charge is -2.67. The van der Waals surface area contributed by atoms with Crippen LogP contribution >= 0.6 is 0 Å². The molecule has 0 N–H and O–H groups in total. The van der Waals surface area contributed by atoms with Gasteiger partial charge in [0.05, 0.1) is 12.5 Å². The van der Waals surface area contributed by atoms with Crippen LogP contribution in [0.2, 0.25) is 0 Å². The maximum atomic E-state index is 13.9. The second-order valence-corrected chi connectivity index (χ2v) is 16.0. The van der Waals surface area contributed by atoms with Gasteiger partial charge in [0.25, 0.3) is 0 Å². The van der Waals surface area contributed by atoms with E-state index in [1.165, 1.54) is 0 Å². The van der Waals surface area contributed by atoms with Crippen molar-refractivity contribution in [3.8, 4) is 0 Å². The highest BCUT2D eigenvalue weighted by Gasteiger charge is 2.67. The molecule has 0 radical (unpaired) electrons. The van der Waals surface area contributed by atoms with Gasteiger partial charge in [-0.25, -0.2) is 0 Å². The fraction of sp³-hybridized carbons (Fsp3) is 0.694. The third-order valence-electron chi connectivity index (χ3n) is 13.1. The lowest BCUT2D eigenvalue weighted by Crippen LogP contribution is -2.63. The molecule has 40 heavy (non-hydrogen) atoms. The molecule has 0 saturated heterocycles. The minimum atomic E-state index is -0.391. The van der Waals surface area contributed by atoms with E-state index in [0.717, 1.165) is 62.5 Å². The molecular formula is C36H49NO3. The number of aromatic nitrogens is 1. The Morgan fingerprint density at radius 1 is 0.925 bits per heavy atom. The number of nitrogens with zero attached hydrogens (tertiary/aromatic N) is 1. The Morgan fingerprint density at radius 3 is 2.35 bits per heavy atom. The van der Waals surface area contributed by atoms with Gasteiger partial charge in [-0.3, -0.25) is 14.6 Å². The van der Waals surface area contributed by atoms with Gasteiger partial charge in [0.2, 0.25) is 0 Å². The summed E-state index contributed by atoms with van der Waals surface area (Å²) in [6, 6.07) is 4.00. The summed E-state index contributed by atoms with van der Waals surface area (Å²) in [6.45, 7) is 14.2. The molecule has 4 nitrogen and oxygen atoms in total. The van der Waals surface area contributed by atoms with Crippen LogP contribution in [0.5, 0.6) is 0 Å². The van der Waals surface area contributed by atoms with E-state index in [4.69, 9.17) is 4.74 Å². The van der Waals surface area contributed by atoms with Crippen LogP contribution in [0.15, 0.2) is 42.3 Å². The number of rotatable bonds is 2. The summed E-state index contributed by atoms with van der Waals surface area (Å²) in [4.78, 5) is 31.5. The number of esters is 1. The number of ether oxygens (including phenoxy) is 1. The Labute approximate surface area is 241 Å². The highest BCUT2D eigenvalue weighted by Crippen LogP contribution is 2.72. The lowest BCUT2D eigenvalue weighted by atomic mass is 9.36. The number of hydrogen-bond donors (Lipinski definition) is 0. The summed E-state index contributed by atoms with van der Waals surface area (Å²) in [5.74, 6) is 2.43. The van der Waals surface area contributed by atoms with E-state index >= 15 is 0 Å². The molecule has 0 amide bonds. The zero-order valence-electron chi connectivity index (χ0n) is 25.8. The Balaban J connectivity index is 1.41. The number of fused-ring (bicyclic) bond motifs is 7. The number of pyridine rings is 1. The van der Waals surface area contributed by atoms with Crippen LogP contribution in [0.1, 0.15) is 98.5 Å². The molecule has 5 aliphatic carbocycles.